The molecule has 1 aromatic heterocycles. The normalized spacial score (nSPS) is 15.5. The lowest BCUT2D eigenvalue weighted by Gasteiger charge is -2.29. The van der Waals surface area contributed by atoms with Crippen molar-refractivity contribution in [3.63, 3.8) is 0 Å². The molecule has 1 aliphatic rings. The highest BCUT2D eigenvalue weighted by molar-refractivity contribution is 5.92. The van der Waals surface area contributed by atoms with E-state index in [9.17, 15) is 4.79 Å². The number of benzene rings is 1. The molecule has 7 nitrogen and oxygen atoms in total. The maximum absolute atomic E-state index is 13.1. The highest BCUT2D eigenvalue weighted by Crippen LogP contribution is 2.39. The quantitative estimate of drug-likeness (QED) is 0.419. The van der Waals surface area contributed by atoms with Crippen molar-refractivity contribution in [2.24, 2.45) is 0 Å². The molecular formula is C23H32N4O3. The van der Waals surface area contributed by atoms with Crippen LogP contribution in [0.1, 0.15) is 70.9 Å². The summed E-state index contributed by atoms with van der Waals surface area (Å²) in [7, 11) is 0. The SMILES string of the molecule is CCCCCCCCOC(=O)C1=C(C)Nc2ncnn2[C@H]1c1ccccc1OCC. The van der Waals surface area contributed by atoms with Crippen LogP contribution >= 0.6 is 0 Å². The molecule has 1 aliphatic heterocycles. The zero-order chi connectivity index (χ0) is 21.3. The van der Waals surface area contributed by atoms with Gasteiger partial charge in [-0.15, -0.1) is 0 Å². The molecule has 0 spiro atoms. The second kappa shape index (κ2) is 10.8. The third-order valence-corrected chi connectivity index (χ3v) is 5.26. The van der Waals surface area contributed by atoms with Crippen LogP contribution in [0.2, 0.25) is 0 Å². The monoisotopic (exact) mass is 412 g/mol. The van der Waals surface area contributed by atoms with E-state index in [1.54, 1.807) is 4.68 Å². The van der Waals surface area contributed by atoms with E-state index < -0.39 is 6.04 Å². The molecule has 0 bridgehead atoms. The van der Waals surface area contributed by atoms with Crippen molar-refractivity contribution in [1.82, 2.24) is 14.8 Å². The molecule has 162 valence electrons. The predicted molar refractivity (Wildman–Crippen MR) is 116 cm³/mol. The van der Waals surface area contributed by atoms with Gasteiger partial charge in [0.2, 0.25) is 5.95 Å². The van der Waals surface area contributed by atoms with Crippen molar-refractivity contribution < 1.29 is 14.3 Å². The second-order valence-electron chi connectivity index (χ2n) is 7.47. The maximum Gasteiger partial charge on any atom is 0.338 e. The van der Waals surface area contributed by atoms with Gasteiger partial charge in [0.25, 0.3) is 0 Å². The van der Waals surface area contributed by atoms with E-state index in [-0.39, 0.29) is 5.97 Å². The molecule has 0 unspecified atom stereocenters. The predicted octanol–water partition coefficient (Wildman–Crippen LogP) is 4.87. The standard InChI is InChI=1S/C23H32N4O3/c1-4-6-7-8-9-12-15-30-22(28)20-17(3)26-23-24-16-25-27(23)21(20)18-13-10-11-14-19(18)29-5-2/h10-11,13-14,16,21H,4-9,12,15H2,1-3H3,(H,24,25,26)/t21-/m0/s1. The Morgan fingerprint density at radius 2 is 1.90 bits per heavy atom. The van der Waals surface area contributed by atoms with Crippen LogP contribution in [0.3, 0.4) is 0 Å². The van der Waals surface area contributed by atoms with Gasteiger partial charge >= 0.3 is 5.97 Å². The van der Waals surface area contributed by atoms with Gasteiger partial charge in [-0.1, -0.05) is 57.2 Å². The Hall–Kier alpha value is -2.83. The minimum Gasteiger partial charge on any atom is -0.494 e. The highest BCUT2D eigenvalue weighted by Gasteiger charge is 2.35. The van der Waals surface area contributed by atoms with Crippen LogP contribution in [0.25, 0.3) is 0 Å². The van der Waals surface area contributed by atoms with Gasteiger partial charge in [0.1, 0.15) is 18.1 Å². The van der Waals surface area contributed by atoms with Gasteiger partial charge in [-0.25, -0.2) is 9.48 Å². The average molecular weight is 413 g/mol. The molecule has 2 heterocycles. The Kier molecular flexibility index (Phi) is 7.88. The molecule has 0 saturated heterocycles. The Bertz CT molecular complexity index is 875. The number of para-hydroxylation sites is 1. The summed E-state index contributed by atoms with van der Waals surface area (Å²) in [5.74, 6) is 0.990. The van der Waals surface area contributed by atoms with E-state index in [0.29, 0.717) is 24.7 Å². The Morgan fingerprint density at radius 1 is 1.13 bits per heavy atom. The third kappa shape index (κ3) is 5.01. The first-order chi connectivity index (χ1) is 14.7. The molecule has 0 aliphatic carbocycles. The zero-order valence-corrected chi connectivity index (χ0v) is 18.2. The van der Waals surface area contributed by atoms with E-state index in [2.05, 4.69) is 22.3 Å². The second-order valence-corrected chi connectivity index (χ2v) is 7.47. The molecule has 7 heteroatoms. The average Bonchev–Trinajstić information content (AvgIpc) is 3.20. The van der Waals surface area contributed by atoms with Gasteiger partial charge < -0.3 is 14.8 Å². The maximum atomic E-state index is 13.1. The minimum atomic E-state index is -0.455. The lowest BCUT2D eigenvalue weighted by atomic mass is 9.95. The van der Waals surface area contributed by atoms with Crippen LogP contribution in [0.5, 0.6) is 5.75 Å². The number of aromatic nitrogens is 3. The number of nitrogens with zero attached hydrogens (tertiary/aromatic N) is 3. The summed E-state index contributed by atoms with van der Waals surface area (Å²) in [4.78, 5) is 17.4. The van der Waals surface area contributed by atoms with Crippen molar-refractivity contribution in [2.45, 2.75) is 65.3 Å². The van der Waals surface area contributed by atoms with E-state index in [1.165, 1.54) is 32.0 Å². The molecule has 0 fully saturated rings. The molecule has 1 N–H and O–H groups in total. The van der Waals surface area contributed by atoms with Gasteiger partial charge in [0.15, 0.2) is 0 Å². The van der Waals surface area contributed by atoms with Gasteiger partial charge in [-0.3, -0.25) is 0 Å². The van der Waals surface area contributed by atoms with Gasteiger partial charge in [-0.05, 0) is 26.3 Å². The number of carbonyl (C=O) groups is 1. The molecule has 0 amide bonds. The van der Waals surface area contributed by atoms with Crippen molar-refractivity contribution >= 4 is 11.9 Å². The van der Waals surface area contributed by atoms with E-state index >= 15 is 0 Å². The summed E-state index contributed by atoms with van der Waals surface area (Å²) >= 11 is 0. The molecule has 0 radical (unpaired) electrons. The van der Waals surface area contributed by atoms with Crippen LogP contribution in [0.15, 0.2) is 41.9 Å². The molecule has 1 atom stereocenters. The molecule has 1 aromatic carbocycles. The molecule has 3 rings (SSSR count). The number of allylic oxidation sites excluding steroid dienone is 1. The zero-order valence-electron chi connectivity index (χ0n) is 18.2. The first kappa shape index (κ1) is 21.9. The number of unbranched alkanes of at least 4 members (excludes halogenated alkanes) is 5. The summed E-state index contributed by atoms with van der Waals surface area (Å²) in [6.45, 7) is 6.97. The lowest BCUT2D eigenvalue weighted by molar-refractivity contribution is -0.139. The lowest BCUT2D eigenvalue weighted by Crippen LogP contribution is -2.30. The van der Waals surface area contributed by atoms with Gasteiger partial charge in [-0.2, -0.15) is 10.1 Å². The van der Waals surface area contributed by atoms with Gasteiger partial charge in [0.05, 0.1) is 18.8 Å². The summed E-state index contributed by atoms with van der Waals surface area (Å²) in [6.07, 6.45) is 8.35. The van der Waals surface area contributed by atoms with E-state index in [1.807, 2.05) is 38.1 Å². The smallest absolute Gasteiger partial charge is 0.338 e. The Balaban J connectivity index is 1.79. The molecule has 30 heavy (non-hydrogen) atoms. The Labute approximate surface area is 178 Å². The van der Waals surface area contributed by atoms with Gasteiger partial charge in [0, 0.05) is 11.3 Å². The Morgan fingerprint density at radius 3 is 2.70 bits per heavy atom. The number of ether oxygens (including phenoxy) is 2. The van der Waals surface area contributed by atoms with Crippen molar-refractivity contribution in [1.29, 1.82) is 0 Å². The fourth-order valence-electron chi connectivity index (χ4n) is 3.76. The molecule has 0 saturated carbocycles. The fraction of sp³-hybridized carbons (Fsp3) is 0.522. The summed E-state index contributed by atoms with van der Waals surface area (Å²) in [5, 5.41) is 7.54. The first-order valence-electron chi connectivity index (χ1n) is 10.9. The third-order valence-electron chi connectivity index (χ3n) is 5.26. The van der Waals surface area contributed by atoms with Crippen LogP contribution in [-0.4, -0.2) is 33.9 Å². The number of anilines is 1. The van der Waals surface area contributed by atoms with Crippen molar-refractivity contribution in [3.05, 3.63) is 47.4 Å². The van der Waals surface area contributed by atoms with Crippen molar-refractivity contribution in [3.8, 4) is 5.75 Å². The highest BCUT2D eigenvalue weighted by atomic mass is 16.5. The number of nitrogens with one attached hydrogen (secondary N) is 1. The summed E-state index contributed by atoms with van der Waals surface area (Å²) in [6, 6.07) is 7.27. The van der Waals surface area contributed by atoms with E-state index in [4.69, 9.17) is 9.47 Å². The first-order valence-corrected chi connectivity index (χ1v) is 10.9. The minimum absolute atomic E-state index is 0.328. The number of esters is 1. The number of hydrogen-bond acceptors (Lipinski definition) is 6. The number of hydrogen-bond donors (Lipinski definition) is 1. The van der Waals surface area contributed by atoms with Crippen LogP contribution in [0, 0.1) is 0 Å². The summed E-state index contributed by atoms with van der Waals surface area (Å²) < 4.78 is 13.2. The number of rotatable bonds is 11. The van der Waals surface area contributed by atoms with Crippen LogP contribution < -0.4 is 10.1 Å². The largest absolute Gasteiger partial charge is 0.494 e. The number of fused-ring (bicyclic) bond motifs is 1. The van der Waals surface area contributed by atoms with E-state index in [0.717, 1.165) is 29.9 Å². The fourth-order valence-corrected chi connectivity index (χ4v) is 3.76. The number of carbonyl (C=O) groups excluding carboxylic acids is 1. The van der Waals surface area contributed by atoms with Crippen LogP contribution in [0.4, 0.5) is 5.95 Å². The van der Waals surface area contributed by atoms with Crippen LogP contribution in [-0.2, 0) is 9.53 Å². The topological polar surface area (TPSA) is 78.3 Å². The molecular weight excluding hydrogens is 380 g/mol. The van der Waals surface area contributed by atoms with Crippen molar-refractivity contribution in [2.75, 3.05) is 18.5 Å². The summed E-state index contributed by atoms with van der Waals surface area (Å²) in [5.41, 5.74) is 2.12. The molecule has 2 aromatic rings.